The van der Waals surface area contributed by atoms with Crippen LogP contribution in [0.2, 0.25) is 0 Å². The number of hydrogen-bond acceptors (Lipinski definition) is 5. The first-order valence-corrected chi connectivity index (χ1v) is 7.72. The maximum atomic E-state index is 13.6. The molecule has 0 saturated carbocycles. The van der Waals surface area contributed by atoms with Crippen molar-refractivity contribution in [3.05, 3.63) is 81.5 Å². The molecule has 3 aromatic rings. The topological polar surface area (TPSA) is 79.9 Å². The molecular weight excluding hydrogens is 323 g/mol. The summed E-state index contributed by atoms with van der Waals surface area (Å²) in [6.07, 6.45) is 0.361. The quantitative estimate of drug-likeness (QED) is 0.721. The maximum Gasteiger partial charge on any atom is 0.274 e. The Bertz CT molecular complexity index is 909. The molecule has 0 atom stereocenters. The van der Waals surface area contributed by atoms with Crippen molar-refractivity contribution in [1.29, 1.82) is 0 Å². The molecule has 6 nitrogen and oxygen atoms in total. The third-order valence-electron chi connectivity index (χ3n) is 3.70. The number of nitrogens with zero attached hydrogens (tertiary/aromatic N) is 2. The Kier molecular flexibility index (Phi) is 5.03. The molecule has 0 fully saturated rings. The molecule has 1 aromatic heterocycles. The van der Waals surface area contributed by atoms with Crippen molar-refractivity contribution in [1.82, 2.24) is 15.2 Å². The van der Waals surface area contributed by atoms with E-state index in [1.165, 1.54) is 6.07 Å². The van der Waals surface area contributed by atoms with Crippen LogP contribution in [-0.4, -0.2) is 22.3 Å². The number of nitrogens with one attached hydrogen (secondary N) is 2. The summed E-state index contributed by atoms with van der Waals surface area (Å²) in [6, 6.07) is 13.8. The molecule has 0 spiro atoms. The third kappa shape index (κ3) is 4.20. The number of H-pyrrole nitrogens is 1. The Hall–Kier alpha value is -3.22. The molecule has 0 bridgehead atoms. The van der Waals surface area contributed by atoms with Gasteiger partial charge in [-0.1, -0.05) is 30.3 Å². The lowest BCUT2D eigenvalue weighted by Crippen LogP contribution is -2.20. The molecule has 0 amide bonds. The second kappa shape index (κ2) is 7.57. The van der Waals surface area contributed by atoms with Crippen molar-refractivity contribution in [2.75, 3.05) is 12.4 Å². The van der Waals surface area contributed by atoms with Crippen molar-refractivity contribution in [2.24, 2.45) is 0 Å². The Balaban J connectivity index is 1.68. The highest BCUT2D eigenvalue weighted by Crippen LogP contribution is 2.13. The number of hydrogen-bond donors (Lipinski definition) is 2. The van der Waals surface area contributed by atoms with E-state index in [-0.39, 0.29) is 23.9 Å². The standard InChI is InChI=1S/C18H17FN4O2/c1-25-14-8-6-12(7-9-14)10-16-17(24)21-18(23-22-16)20-11-13-4-2-3-5-15(13)19/h2-9H,10-11H2,1H3,(H2,20,21,23,24). The highest BCUT2D eigenvalue weighted by Gasteiger charge is 2.07. The minimum atomic E-state index is -0.332. The largest absolute Gasteiger partial charge is 0.497 e. The van der Waals surface area contributed by atoms with Gasteiger partial charge in [-0.2, -0.15) is 0 Å². The molecule has 0 saturated heterocycles. The number of rotatable bonds is 6. The van der Waals surface area contributed by atoms with Gasteiger partial charge in [-0.25, -0.2) is 4.39 Å². The van der Waals surface area contributed by atoms with Crippen LogP contribution in [0.3, 0.4) is 0 Å². The molecule has 2 aromatic carbocycles. The molecule has 0 unspecified atom stereocenters. The molecular formula is C18H17FN4O2. The second-order valence-electron chi connectivity index (χ2n) is 5.42. The number of methoxy groups -OCH3 is 1. The SMILES string of the molecule is COc1ccc(Cc2nnc(NCc3ccccc3F)[nH]c2=O)cc1. The van der Waals surface area contributed by atoms with Gasteiger partial charge in [0.25, 0.3) is 5.56 Å². The van der Waals surface area contributed by atoms with Crippen LogP contribution in [0.25, 0.3) is 0 Å². The van der Waals surface area contributed by atoms with Gasteiger partial charge in [-0.05, 0) is 23.8 Å². The third-order valence-corrected chi connectivity index (χ3v) is 3.70. The highest BCUT2D eigenvalue weighted by atomic mass is 19.1. The average Bonchev–Trinajstić information content (AvgIpc) is 2.64. The number of anilines is 1. The highest BCUT2D eigenvalue weighted by molar-refractivity contribution is 5.30. The minimum absolute atomic E-state index is 0.201. The molecule has 0 aliphatic carbocycles. The Morgan fingerprint density at radius 2 is 1.88 bits per heavy atom. The van der Waals surface area contributed by atoms with Crippen LogP contribution in [0, 0.1) is 5.82 Å². The zero-order chi connectivity index (χ0) is 17.6. The van der Waals surface area contributed by atoms with Crippen LogP contribution in [-0.2, 0) is 13.0 Å². The van der Waals surface area contributed by atoms with Gasteiger partial charge in [0.05, 0.1) is 7.11 Å². The van der Waals surface area contributed by atoms with E-state index in [2.05, 4.69) is 20.5 Å². The predicted molar refractivity (Wildman–Crippen MR) is 92.2 cm³/mol. The summed E-state index contributed by atoms with van der Waals surface area (Å²) < 4.78 is 18.7. The summed E-state index contributed by atoms with van der Waals surface area (Å²) in [5.41, 5.74) is 1.38. The van der Waals surface area contributed by atoms with Crippen LogP contribution in [0.15, 0.2) is 53.3 Å². The van der Waals surface area contributed by atoms with E-state index >= 15 is 0 Å². The fraction of sp³-hybridized carbons (Fsp3) is 0.167. The molecule has 3 rings (SSSR count). The number of halogens is 1. The lowest BCUT2D eigenvalue weighted by molar-refractivity contribution is 0.414. The molecule has 128 valence electrons. The summed E-state index contributed by atoms with van der Waals surface area (Å²) in [7, 11) is 1.60. The molecule has 0 radical (unpaired) electrons. The van der Waals surface area contributed by atoms with E-state index in [1.54, 1.807) is 25.3 Å². The van der Waals surface area contributed by atoms with E-state index in [1.807, 2.05) is 24.3 Å². The average molecular weight is 340 g/mol. The molecule has 2 N–H and O–H groups in total. The van der Waals surface area contributed by atoms with Crippen LogP contribution in [0.1, 0.15) is 16.8 Å². The van der Waals surface area contributed by atoms with Crippen molar-refractivity contribution in [3.63, 3.8) is 0 Å². The lowest BCUT2D eigenvalue weighted by atomic mass is 10.1. The number of aromatic amines is 1. The van der Waals surface area contributed by atoms with E-state index in [9.17, 15) is 9.18 Å². The smallest absolute Gasteiger partial charge is 0.274 e. The Morgan fingerprint density at radius 1 is 1.12 bits per heavy atom. The summed E-state index contributed by atoms with van der Waals surface area (Å²) >= 11 is 0. The van der Waals surface area contributed by atoms with Gasteiger partial charge < -0.3 is 10.1 Å². The zero-order valence-corrected chi connectivity index (χ0v) is 13.6. The molecule has 0 aliphatic rings. The zero-order valence-electron chi connectivity index (χ0n) is 13.6. The first-order chi connectivity index (χ1) is 12.2. The lowest BCUT2D eigenvalue weighted by Gasteiger charge is -2.07. The summed E-state index contributed by atoms with van der Waals surface area (Å²) in [5, 5.41) is 10.8. The van der Waals surface area contributed by atoms with Crippen LogP contribution in [0.4, 0.5) is 10.3 Å². The van der Waals surface area contributed by atoms with E-state index in [0.29, 0.717) is 17.7 Å². The van der Waals surface area contributed by atoms with Crippen molar-refractivity contribution in [2.45, 2.75) is 13.0 Å². The van der Waals surface area contributed by atoms with E-state index in [4.69, 9.17) is 4.74 Å². The van der Waals surface area contributed by atoms with Crippen molar-refractivity contribution in [3.8, 4) is 5.75 Å². The molecule has 25 heavy (non-hydrogen) atoms. The van der Waals surface area contributed by atoms with Crippen molar-refractivity contribution < 1.29 is 9.13 Å². The Morgan fingerprint density at radius 3 is 2.56 bits per heavy atom. The van der Waals surface area contributed by atoms with Gasteiger partial charge in [-0.3, -0.25) is 9.78 Å². The number of aromatic nitrogens is 3. The Labute approximate surface area is 143 Å². The fourth-order valence-corrected chi connectivity index (χ4v) is 2.31. The molecule has 0 aliphatic heterocycles. The first kappa shape index (κ1) is 16.6. The predicted octanol–water partition coefficient (Wildman–Crippen LogP) is 2.52. The van der Waals surface area contributed by atoms with Gasteiger partial charge in [-0.15, -0.1) is 10.2 Å². The number of benzene rings is 2. The second-order valence-corrected chi connectivity index (χ2v) is 5.42. The van der Waals surface area contributed by atoms with Crippen LogP contribution < -0.4 is 15.6 Å². The van der Waals surface area contributed by atoms with Gasteiger partial charge in [0.15, 0.2) is 0 Å². The summed E-state index contributed by atoms with van der Waals surface area (Å²) in [6.45, 7) is 0.203. The van der Waals surface area contributed by atoms with Crippen LogP contribution >= 0.6 is 0 Å². The summed E-state index contributed by atoms with van der Waals surface area (Å²) in [5.74, 6) is 0.629. The molecule has 7 heteroatoms. The maximum absolute atomic E-state index is 13.6. The van der Waals surface area contributed by atoms with Crippen LogP contribution in [0.5, 0.6) is 5.75 Å². The fourth-order valence-electron chi connectivity index (χ4n) is 2.31. The van der Waals surface area contributed by atoms with E-state index < -0.39 is 0 Å². The van der Waals surface area contributed by atoms with Gasteiger partial charge in [0.2, 0.25) is 5.95 Å². The summed E-state index contributed by atoms with van der Waals surface area (Å²) in [4.78, 5) is 14.8. The first-order valence-electron chi connectivity index (χ1n) is 7.72. The van der Waals surface area contributed by atoms with Gasteiger partial charge in [0, 0.05) is 18.5 Å². The molecule has 1 heterocycles. The minimum Gasteiger partial charge on any atom is -0.497 e. The monoisotopic (exact) mass is 340 g/mol. The number of ether oxygens (including phenoxy) is 1. The van der Waals surface area contributed by atoms with Gasteiger partial charge in [0.1, 0.15) is 17.3 Å². The van der Waals surface area contributed by atoms with Gasteiger partial charge >= 0.3 is 0 Å². The van der Waals surface area contributed by atoms with E-state index in [0.717, 1.165) is 11.3 Å². The van der Waals surface area contributed by atoms with Crippen molar-refractivity contribution >= 4 is 5.95 Å². The normalized spacial score (nSPS) is 10.5.